The normalized spacial score (nSPS) is 10.6. The van der Waals surface area contributed by atoms with Crippen molar-refractivity contribution in [1.82, 2.24) is 5.32 Å². The molecule has 0 aliphatic rings. The number of hydrogen-bond acceptors (Lipinski definition) is 2. The predicted octanol–water partition coefficient (Wildman–Crippen LogP) is 3.14. The molecule has 0 saturated carbocycles. The van der Waals surface area contributed by atoms with Crippen LogP contribution in [0.4, 0.5) is 0 Å². The van der Waals surface area contributed by atoms with E-state index < -0.39 is 5.54 Å². The molecule has 0 fully saturated rings. The van der Waals surface area contributed by atoms with Gasteiger partial charge in [0.2, 0.25) is 0 Å². The molecule has 0 heterocycles. The van der Waals surface area contributed by atoms with Crippen LogP contribution in [-0.2, 0) is 4.79 Å². The second-order valence-electron chi connectivity index (χ2n) is 4.23. The highest BCUT2D eigenvalue weighted by atomic mass is 79.9. The minimum absolute atomic E-state index is 0.0418. The lowest BCUT2D eigenvalue weighted by Crippen LogP contribution is -2.48. The molecule has 0 aliphatic carbocycles. The number of ether oxygens (including phenoxy) is 1. The van der Waals surface area contributed by atoms with Gasteiger partial charge in [-0.15, -0.1) is 6.42 Å². The second kappa shape index (κ2) is 7.20. The Bertz CT molecular complexity index is 475. The van der Waals surface area contributed by atoms with E-state index in [9.17, 15) is 4.79 Å². The monoisotopic (exact) mass is 323 g/mol. The molecule has 0 aliphatic heterocycles. The van der Waals surface area contributed by atoms with Gasteiger partial charge in [-0.3, -0.25) is 4.79 Å². The highest BCUT2D eigenvalue weighted by Crippen LogP contribution is 2.18. The van der Waals surface area contributed by atoms with Crippen molar-refractivity contribution in [2.75, 3.05) is 6.61 Å². The summed E-state index contributed by atoms with van der Waals surface area (Å²) in [5.74, 6) is 3.09. The van der Waals surface area contributed by atoms with Gasteiger partial charge in [0.1, 0.15) is 11.3 Å². The molecular formula is C15H18BrNO2. The zero-order valence-electron chi connectivity index (χ0n) is 11.2. The summed E-state index contributed by atoms with van der Waals surface area (Å²) in [6.45, 7) is 3.87. The molecule has 1 aromatic rings. The third-order valence-corrected chi connectivity index (χ3v) is 3.52. The molecule has 1 N–H and O–H groups in total. The van der Waals surface area contributed by atoms with Crippen LogP contribution in [0.25, 0.3) is 0 Å². The smallest absolute Gasteiger partial charge is 0.259 e. The maximum absolute atomic E-state index is 11.9. The first-order valence-electron chi connectivity index (χ1n) is 6.22. The molecule has 0 bridgehead atoms. The molecule has 1 aromatic carbocycles. The lowest BCUT2D eigenvalue weighted by Gasteiger charge is -2.26. The largest absolute Gasteiger partial charge is 0.484 e. The summed E-state index contributed by atoms with van der Waals surface area (Å²) >= 11 is 3.34. The predicted molar refractivity (Wildman–Crippen MR) is 79.9 cm³/mol. The number of rotatable bonds is 6. The van der Waals surface area contributed by atoms with Crippen LogP contribution in [0.5, 0.6) is 5.75 Å². The van der Waals surface area contributed by atoms with Crippen LogP contribution in [0.1, 0.15) is 26.7 Å². The van der Waals surface area contributed by atoms with Crippen LogP contribution in [0.15, 0.2) is 28.7 Å². The van der Waals surface area contributed by atoms with Crippen molar-refractivity contribution >= 4 is 21.8 Å². The van der Waals surface area contributed by atoms with E-state index in [-0.39, 0.29) is 12.5 Å². The molecule has 0 aromatic heterocycles. The first-order chi connectivity index (χ1) is 9.05. The van der Waals surface area contributed by atoms with E-state index in [1.165, 1.54) is 0 Å². The highest BCUT2D eigenvalue weighted by Gasteiger charge is 2.25. The van der Waals surface area contributed by atoms with Crippen LogP contribution in [0.2, 0.25) is 0 Å². The summed E-state index contributed by atoms with van der Waals surface area (Å²) in [4.78, 5) is 11.9. The Balaban J connectivity index is 2.55. The molecule has 1 rings (SSSR count). The Morgan fingerprint density at radius 3 is 2.68 bits per heavy atom. The fraction of sp³-hybridized carbons (Fsp3) is 0.400. The number of halogens is 1. The van der Waals surface area contributed by atoms with Gasteiger partial charge >= 0.3 is 0 Å². The fourth-order valence-corrected chi connectivity index (χ4v) is 2.05. The summed E-state index contributed by atoms with van der Waals surface area (Å²) in [5.41, 5.74) is -0.572. The molecule has 0 radical (unpaired) electrons. The van der Waals surface area contributed by atoms with Crippen LogP contribution in [0.3, 0.4) is 0 Å². The van der Waals surface area contributed by atoms with Gasteiger partial charge in [-0.2, -0.15) is 0 Å². The average molecular weight is 324 g/mol. The second-order valence-corrected chi connectivity index (χ2v) is 5.14. The summed E-state index contributed by atoms with van der Waals surface area (Å²) in [6.07, 6.45) is 6.89. The molecule has 0 atom stereocenters. The van der Waals surface area contributed by atoms with Gasteiger partial charge in [-0.05, 0) is 31.0 Å². The number of nitrogens with one attached hydrogen (secondary N) is 1. The lowest BCUT2D eigenvalue weighted by atomic mass is 9.94. The standard InChI is InChI=1S/C15H18BrNO2/c1-4-15(5-2,6-3)17-14(18)11-19-13-9-7-8-12(16)10-13/h1,7-10H,5-6,11H2,2-3H3,(H,17,18). The van der Waals surface area contributed by atoms with E-state index in [1.54, 1.807) is 12.1 Å². The fourth-order valence-electron chi connectivity index (χ4n) is 1.68. The van der Waals surface area contributed by atoms with Gasteiger partial charge < -0.3 is 10.1 Å². The zero-order chi connectivity index (χ0) is 14.3. The Labute approximate surface area is 122 Å². The maximum atomic E-state index is 11.9. The first-order valence-corrected chi connectivity index (χ1v) is 7.01. The third-order valence-electron chi connectivity index (χ3n) is 3.03. The maximum Gasteiger partial charge on any atom is 0.259 e. The van der Waals surface area contributed by atoms with E-state index in [4.69, 9.17) is 11.2 Å². The molecule has 3 nitrogen and oxygen atoms in total. The highest BCUT2D eigenvalue weighted by molar-refractivity contribution is 9.10. The van der Waals surface area contributed by atoms with Gasteiger partial charge in [0, 0.05) is 4.47 Å². The molecule has 4 heteroatoms. The minimum atomic E-state index is -0.572. The number of benzene rings is 1. The molecule has 0 saturated heterocycles. The van der Waals surface area contributed by atoms with E-state index in [2.05, 4.69) is 27.2 Å². The van der Waals surface area contributed by atoms with Gasteiger partial charge in [0.25, 0.3) is 5.91 Å². The van der Waals surface area contributed by atoms with Crippen molar-refractivity contribution in [3.63, 3.8) is 0 Å². The van der Waals surface area contributed by atoms with Gasteiger partial charge in [-0.1, -0.05) is 41.8 Å². The number of carbonyl (C=O) groups excluding carboxylic acids is 1. The van der Waals surface area contributed by atoms with Crippen LogP contribution >= 0.6 is 15.9 Å². The van der Waals surface area contributed by atoms with Gasteiger partial charge in [-0.25, -0.2) is 0 Å². The summed E-state index contributed by atoms with van der Waals surface area (Å²) in [5, 5.41) is 2.85. The Morgan fingerprint density at radius 2 is 2.16 bits per heavy atom. The molecular weight excluding hydrogens is 306 g/mol. The van der Waals surface area contributed by atoms with Crippen molar-refractivity contribution in [2.45, 2.75) is 32.2 Å². The van der Waals surface area contributed by atoms with Crippen molar-refractivity contribution in [3.8, 4) is 18.1 Å². The molecule has 0 spiro atoms. The minimum Gasteiger partial charge on any atom is -0.484 e. The van der Waals surface area contributed by atoms with Crippen LogP contribution < -0.4 is 10.1 Å². The van der Waals surface area contributed by atoms with E-state index in [1.807, 2.05) is 26.0 Å². The molecule has 1 amide bonds. The topological polar surface area (TPSA) is 38.3 Å². The molecule has 0 unspecified atom stereocenters. The van der Waals surface area contributed by atoms with E-state index >= 15 is 0 Å². The van der Waals surface area contributed by atoms with Gasteiger partial charge in [0.15, 0.2) is 6.61 Å². The van der Waals surface area contributed by atoms with Crippen molar-refractivity contribution in [2.24, 2.45) is 0 Å². The quantitative estimate of drug-likeness (QED) is 0.817. The van der Waals surface area contributed by atoms with E-state index in [0.29, 0.717) is 18.6 Å². The van der Waals surface area contributed by atoms with Crippen molar-refractivity contribution < 1.29 is 9.53 Å². The summed E-state index contributed by atoms with van der Waals surface area (Å²) in [7, 11) is 0. The van der Waals surface area contributed by atoms with Gasteiger partial charge in [0.05, 0.1) is 0 Å². The number of hydrogen-bond donors (Lipinski definition) is 1. The van der Waals surface area contributed by atoms with Crippen molar-refractivity contribution in [3.05, 3.63) is 28.7 Å². The average Bonchev–Trinajstić information content (AvgIpc) is 2.43. The van der Waals surface area contributed by atoms with Crippen LogP contribution in [-0.4, -0.2) is 18.1 Å². The number of carbonyl (C=O) groups is 1. The Kier molecular flexibility index (Phi) is 5.91. The first kappa shape index (κ1) is 15.6. The molecule has 102 valence electrons. The Hall–Kier alpha value is -1.47. The Morgan fingerprint density at radius 1 is 1.47 bits per heavy atom. The molecule has 19 heavy (non-hydrogen) atoms. The number of amides is 1. The lowest BCUT2D eigenvalue weighted by molar-refractivity contribution is -0.124. The summed E-state index contributed by atoms with van der Waals surface area (Å²) in [6, 6.07) is 7.35. The summed E-state index contributed by atoms with van der Waals surface area (Å²) < 4.78 is 6.33. The SMILES string of the molecule is C#CC(CC)(CC)NC(=O)COc1cccc(Br)c1. The zero-order valence-corrected chi connectivity index (χ0v) is 12.8. The van der Waals surface area contributed by atoms with Crippen LogP contribution in [0, 0.1) is 12.3 Å². The van der Waals surface area contributed by atoms with Crippen molar-refractivity contribution in [1.29, 1.82) is 0 Å². The van der Waals surface area contributed by atoms with E-state index in [0.717, 1.165) is 4.47 Å². The third kappa shape index (κ3) is 4.60. The number of terminal acetylenes is 1.